The number of aliphatic imine (C=N–C) groups is 1. The van der Waals surface area contributed by atoms with Gasteiger partial charge in [-0.15, -0.1) is 0 Å². The summed E-state index contributed by atoms with van der Waals surface area (Å²) in [7, 11) is 0. The topological polar surface area (TPSA) is 24.4 Å². The summed E-state index contributed by atoms with van der Waals surface area (Å²) in [6.45, 7) is 0. The summed E-state index contributed by atoms with van der Waals surface area (Å²) >= 11 is 0. The third kappa shape index (κ3) is 4.84. The van der Waals surface area contributed by atoms with E-state index in [1.807, 2.05) is 0 Å². The monoisotopic (exact) mass is 686 g/mol. The van der Waals surface area contributed by atoms with Crippen LogP contribution in [0.2, 0.25) is 0 Å². The molecule has 0 amide bonds. The van der Waals surface area contributed by atoms with Crippen molar-refractivity contribution in [1.29, 1.82) is 0 Å². The van der Waals surface area contributed by atoms with Crippen molar-refractivity contribution in [1.82, 2.24) is 5.32 Å². The molecule has 0 saturated heterocycles. The lowest BCUT2D eigenvalue weighted by atomic mass is 9.88. The van der Waals surface area contributed by atoms with Crippen LogP contribution < -0.4 is 5.32 Å². The quantitative estimate of drug-likeness (QED) is 0.145. The summed E-state index contributed by atoms with van der Waals surface area (Å²) in [5.74, 6) is 0.874. The molecule has 1 N–H and O–H groups in total. The highest BCUT2D eigenvalue weighted by molar-refractivity contribution is 6.26. The molecule has 0 fully saturated rings. The molecular weight excluding hydrogens is 653 g/mol. The van der Waals surface area contributed by atoms with Crippen molar-refractivity contribution in [3.05, 3.63) is 211 Å². The summed E-state index contributed by atoms with van der Waals surface area (Å²) in [5, 5.41) is 18.6. The number of hydrogen-bond acceptors (Lipinski definition) is 2. The first kappa shape index (κ1) is 30.6. The fraction of sp³-hybridized carbons (Fsp3) is 0.0192. The molecule has 1 aliphatic rings. The number of nitrogens with zero attached hydrogens (tertiary/aromatic N) is 1. The zero-order valence-electron chi connectivity index (χ0n) is 29.5. The largest absolute Gasteiger partial charge is 0.359 e. The van der Waals surface area contributed by atoms with Crippen molar-refractivity contribution in [2.45, 2.75) is 6.04 Å². The third-order valence-electron chi connectivity index (χ3n) is 11.3. The van der Waals surface area contributed by atoms with E-state index in [-0.39, 0.29) is 6.04 Å². The summed E-state index contributed by atoms with van der Waals surface area (Å²) in [5.41, 5.74) is 6.85. The Morgan fingerprint density at radius 1 is 0.370 bits per heavy atom. The maximum absolute atomic E-state index is 5.73. The minimum atomic E-state index is -0.159. The second-order valence-corrected chi connectivity index (χ2v) is 14.3. The lowest BCUT2D eigenvalue weighted by Gasteiger charge is -2.28. The van der Waals surface area contributed by atoms with Crippen molar-refractivity contribution in [2.75, 3.05) is 0 Å². The molecule has 0 radical (unpaired) electrons. The Hall–Kier alpha value is -7.03. The highest BCUT2D eigenvalue weighted by atomic mass is 15.1. The van der Waals surface area contributed by atoms with Crippen LogP contribution in [0.1, 0.15) is 22.7 Å². The van der Waals surface area contributed by atoms with Crippen LogP contribution in [-0.2, 0) is 0 Å². The van der Waals surface area contributed by atoms with E-state index in [2.05, 4.69) is 199 Å². The van der Waals surface area contributed by atoms with E-state index >= 15 is 0 Å². The SMILES string of the molecule is C1=C(c2c3ccccc3cc3c2ccc2ccccc23)N=C(c2c3ccccc3cc3c2ccc2ccccc23)NC1c1ccccc1-c1ccccc1. The second-order valence-electron chi connectivity index (χ2n) is 14.3. The number of rotatable bonds is 4. The highest BCUT2D eigenvalue weighted by Crippen LogP contribution is 2.42. The molecule has 1 heterocycles. The minimum Gasteiger partial charge on any atom is -0.359 e. The molecule has 1 unspecified atom stereocenters. The average Bonchev–Trinajstić information content (AvgIpc) is 3.24. The predicted octanol–water partition coefficient (Wildman–Crippen LogP) is 13.4. The summed E-state index contributed by atoms with van der Waals surface area (Å²) < 4.78 is 0. The van der Waals surface area contributed by atoms with Gasteiger partial charge in [-0.25, -0.2) is 4.99 Å². The van der Waals surface area contributed by atoms with Gasteiger partial charge in [0.05, 0.1) is 11.7 Å². The molecule has 1 aliphatic heterocycles. The van der Waals surface area contributed by atoms with E-state index in [9.17, 15) is 0 Å². The van der Waals surface area contributed by atoms with Crippen LogP contribution in [-0.4, -0.2) is 5.84 Å². The number of amidine groups is 1. The van der Waals surface area contributed by atoms with Crippen LogP contribution in [0.4, 0.5) is 0 Å². The Bertz CT molecular complexity index is 3190. The smallest absolute Gasteiger partial charge is 0.135 e. The molecule has 0 aromatic heterocycles. The van der Waals surface area contributed by atoms with E-state index < -0.39 is 0 Å². The lowest BCUT2D eigenvalue weighted by molar-refractivity contribution is 0.784. The van der Waals surface area contributed by atoms with Gasteiger partial charge in [-0.2, -0.15) is 0 Å². The van der Waals surface area contributed by atoms with E-state index in [1.165, 1.54) is 81.3 Å². The minimum absolute atomic E-state index is 0.159. The Kier molecular flexibility index (Phi) is 6.96. The lowest BCUT2D eigenvalue weighted by Crippen LogP contribution is -2.32. The molecule has 0 saturated carbocycles. The molecule has 54 heavy (non-hydrogen) atoms. The van der Waals surface area contributed by atoms with Gasteiger partial charge in [-0.3, -0.25) is 0 Å². The van der Waals surface area contributed by atoms with Gasteiger partial charge in [0.1, 0.15) is 5.84 Å². The first-order valence-corrected chi connectivity index (χ1v) is 18.7. The Balaban J connectivity index is 1.25. The van der Waals surface area contributed by atoms with Crippen molar-refractivity contribution >= 4 is 76.2 Å². The molecule has 11 rings (SSSR count). The van der Waals surface area contributed by atoms with Crippen LogP contribution in [0, 0.1) is 0 Å². The molecule has 2 heteroatoms. The second kappa shape index (κ2) is 12.3. The average molecular weight is 687 g/mol. The Labute approximate surface area is 313 Å². The number of benzene rings is 10. The van der Waals surface area contributed by atoms with Gasteiger partial charge in [0.2, 0.25) is 0 Å². The summed E-state index contributed by atoms with van der Waals surface area (Å²) in [4.78, 5) is 5.73. The van der Waals surface area contributed by atoms with Crippen LogP contribution >= 0.6 is 0 Å². The van der Waals surface area contributed by atoms with Gasteiger partial charge in [0, 0.05) is 11.1 Å². The maximum Gasteiger partial charge on any atom is 0.135 e. The van der Waals surface area contributed by atoms with Crippen LogP contribution in [0.3, 0.4) is 0 Å². The van der Waals surface area contributed by atoms with Crippen LogP contribution in [0.25, 0.3) is 81.5 Å². The molecule has 0 bridgehead atoms. The fourth-order valence-corrected chi connectivity index (χ4v) is 8.79. The molecule has 10 aromatic rings. The molecule has 0 spiro atoms. The number of nitrogens with one attached hydrogen (secondary N) is 1. The fourth-order valence-electron chi connectivity index (χ4n) is 8.79. The van der Waals surface area contributed by atoms with Crippen LogP contribution in [0.5, 0.6) is 0 Å². The van der Waals surface area contributed by atoms with Crippen LogP contribution in [0.15, 0.2) is 199 Å². The highest BCUT2D eigenvalue weighted by Gasteiger charge is 2.26. The van der Waals surface area contributed by atoms with Gasteiger partial charge in [-0.1, -0.05) is 176 Å². The molecule has 2 nitrogen and oxygen atoms in total. The van der Waals surface area contributed by atoms with Crippen molar-refractivity contribution in [3.63, 3.8) is 0 Å². The van der Waals surface area contributed by atoms with E-state index in [0.717, 1.165) is 22.7 Å². The first-order chi connectivity index (χ1) is 26.8. The molecule has 1 atom stereocenters. The van der Waals surface area contributed by atoms with Gasteiger partial charge >= 0.3 is 0 Å². The molecule has 0 aliphatic carbocycles. The predicted molar refractivity (Wildman–Crippen MR) is 230 cm³/mol. The van der Waals surface area contributed by atoms with Gasteiger partial charge < -0.3 is 5.32 Å². The van der Waals surface area contributed by atoms with Crippen molar-refractivity contribution < 1.29 is 0 Å². The number of fused-ring (bicyclic) bond motifs is 8. The standard InChI is InChI=1S/C52H34N2/c1-2-14-33(15-3-1)38-20-12-13-25-43(38)48-32-49(50-41-23-10-6-18-36(41)30-46-39-21-8-4-16-34(39)26-28-44(46)50)54-52(53-48)51-42-24-11-7-19-37(42)31-47-40-22-9-5-17-35(40)27-29-45(47)51/h1-32,48H,(H,53,54). The molecule has 252 valence electrons. The van der Waals surface area contributed by atoms with E-state index in [4.69, 9.17) is 4.99 Å². The Morgan fingerprint density at radius 2 is 0.870 bits per heavy atom. The van der Waals surface area contributed by atoms with Gasteiger partial charge in [0.25, 0.3) is 0 Å². The first-order valence-electron chi connectivity index (χ1n) is 18.7. The summed E-state index contributed by atoms with van der Waals surface area (Å²) in [6.07, 6.45) is 2.35. The Morgan fingerprint density at radius 3 is 1.52 bits per heavy atom. The van der Waals surface area contributed by atoms with Gasteiger partial charge in [-0.05, 0) is 99.5 Å². The third-order valence-corrected chi connectivity index (χ3v) is 11.3. The van der Waals surface area contributed by atoms with E-state index in [0.29, 0.717) is 0 Å². The van der Waals surface area contributed by atoms with Crippen molar-refractivity contribution in [2.24, 2.45) is 4.99 Å². The zero-order valence-corrected chi connectivity index (χ0v) is 29.5. The molecule has 10 aromatic carbocycles. The van der Waals surface area contributed by atoms with Crippen molar-refractivity contribution in [3.8, 4) is 11.1 Å². The maximum atomic E-state index is 5.73. The normalized spacial score (nSPS) is 14.5. The number of hydrogen-bond donors (Lipinski definition) is 1. The van der Waals surface area contributed by atoms with E-state index in [1.54, 1.807) is 0 Å². The van der Waals surface area contributed by atoms with Gasteiger partial charge in [0.15, 0.2) is 0 Å². The molecular formula is C52H34N2. The summed E-state index contributed by atoms with van der Waals surface area (Å²) in [6, 6.07) is 68.1. The zero-order chi connectivity index (χ0) is 35.6.